The first-order chi connectivity index (χ1) is 13.5. The van der Waals surface area contributed by atoms with Gasteiger partial charge in [-0.25, -0.2) is 4.79 Å². The number of hydrogen-bond donors (Lipinski definition) is 0. The van der Waals surface area contributed by atoms with Crippen LogP contribution in [0.1, 0.15) is 31.1 Å². The van der Waals surface area contributed by atoms with Crippen LogP contribution < -0.4 is 4.74 Å². The molecule has 0 saturated heterocycles. The molecule has 6 nitrogen and oxygen atoms in total. The number of hydroxylamine groups is 2. The Labute approximate surface area is 164 Å². The molecule has 1 aliphatic heterocycles. The summed E-state index contributed by atoms with van der Waals surface area (Å²) >= 11 is 6.05. The van der Waals surface area contributed by atoms with Gasteiger partial charge >= 0.3 is 5.97 Å². The average Bonchev–Trinajstić information content (AvgIpc) is 2.95. The summed E-state index contributed by atoms with van der Waals surface area (Å²) in [6.07, 6.45) is 0. The molecule has 0 saturated carbocycles. The van der Waals surface area contributed by atoms with Gasteiger partial charge in [-0.15, -0.1) is 0 Å². The first kappa shape index (κ1) is 17.8. The van der Waals surface area contributed by atoms with Crippen molar-refractivity contribution in [3.05, 3.63) is 94.5 Å². The lowest BCUT2D eigenvalue weighted by molar-refractivity contribution is -0.0584. The zero-order valence-electron chi connectivity index (χ0n) is 14.3. The van der Waals surface area contributed by atoms with Gasteiger partial charge in [0.25, 0.3) is 11.8 Å². The van der Waals surface area contributed by atoms with Crippen LogP contribution >= 0.6 is 11.6 Å². The molecule has 138 valence electrons. The van der Waals surface area contributed by atoms with Crippen LogP contribution in [-0.2, 0) is 4.84 Å². The van der Waals surface area contributed by atoms with Gasteiger partial charge < -0.3 is 9.57 Å². The zero-order valence-corrected chi connectivity index (χ0v) is 15.1. The van der Waals surface area contributed by atoms with E-state index in [9.17, 15) is 14.4 Å². The Morgan fingerprint density at radius 3 is 1.96 bits per heavy atom. The van der Waals surface area contributed by atoms with E-state index in [4.69, 9.17) is 21.2 Å². The minimum absolute atomic E-state index is 0.156. The topological polar surface area (TPSA) is 72.9 Å². The molecule has 3 aromatic carbocycles. The molecule has 7 heteroatoms. The summed E-state index contributed by atoms with van der Waals surface area (Å²) in [5, 5.41) is 0.929. The molecule has 0 unspecified atom stereocenters. The number of para-hydroxylation sites is 1. The number of rotatable bonds is 4. The van der Waals surface area contributed by atoms with Crippen molar-refractivity contribution in [2.75, 3.05) is 0 Å². The SMILES string of the molecule is O=C(ON1C(=O)c2ccccc2C1=O)c1ccc(Oc2ccccc2Cl)cc1. The molecule has 3 aromatic rings. The molecule has 1 aliphatic rings. The smallest absolute Gasteiger partial charge is 0.363 e. The predicted molar refractivity (Wildman–Crippen MR) is 100 cm³/mol. The Morgan fingerprint density at radius 1 is 0.786 bits per heavy atom. The minimum Gasteiger partial charge on any atom is -0.456 e. The minimum atomic E-state index is -0.834. The number of ether oxygens (including phenoxy) is 1. The average molecular weight is 394 g/mol. The molecule has 2 amide bonds. The van der Waals surface area contributed by atoms with E-state index in [0.717, 1.165) is 0 Å². The first-order valence-corrected chi connectivity index (χ1v) is 8.65. The third kappa shape index (κ3) is 3.21. The van der Waals surface area contributed by atoms with Crippen molar-refractivity contribution >= 4 is 29.4 Å². The van der Waals surface area contributed by atoms with Crippen molar-refractivity contribution in [1.82, 2.24) is 5.06 Å². The highest BCUT2D eigenvalue weighted by atomic mass is 35.5. The van der Waals surface area contributed by atoms with Gasteiger partial charge in [0, 0.05) is 0 Å². The number of imide groups is 1. The van der Waals surface area contributed by atoms with Crippen molar-refractivity contribution in [2.45, 2.75) is 0 Å². The third-order valence-electron chi connectivity index (χ3n) is 4.09. The van der Waals surface area contributed by atoms with Crippen LogP contribution in [0.5, 0.6) is 11.5 Å². The van der Waals surface area contributed by atoms with E-state index in [1.54, 1.807) is 48.5 Å². The molecule has 0 aromatic heterocycles. The lowest BCUT2D eigenvalue weighted by Gasteiger charge is -2.13. The molecule has 0 spiro atoms. The van der Waals surface area contributed by atoms with Crippen molar-refractivity contribution in [1.29, 1.82) is 0 Å². The van der Waals surface area contributed by atoms with E-state index < -0.39 is 17.8 Å². The highest BCUT2D eigenvalue weighted by molar-refractivity contribution is 6.32. The number of amides is 2. The highest BCUT2D eigenvalue weighted by Gasteiger charge is 2.38. The normalized spacial score (nSPS) is 12.7. The van der Waals surface area contributed by atoms with Crippen molar-refractivity contribution in [3.63, 3.8) is 0 Å². The van der Waals surface area contributed by atoms with Gasteiger partial charge in [0.2, 0.25) is 0 Å². The summed E-state index contributed by atoms with van der Waals surface area (Å²) in [7, 11) is 0. The number of fused-ring (bicyclic) bond motifs is 1. The van der Waals surface area contributed by atoms with Crippen LogP contribution in [0.25, 0.3) is 0 Å². The van der Waals surface area contributed by atoms with E-state index >= 15 is 0 Å². The maximum Gasteiger partial charge on any atom is 0.363 e. The quantitative estimate of drug-likeness (QED) is 0.610. The van der Waals surface area contributed by atoms with Gasteiger partial charge in [0.05, 0.1) is 21.7 Å². The van der Waals surface area contributed by atoms with Crippen LogP contribution in [0.15, 0.2) is 72.8 Å². The fourth-order valence-electron chi connectivity index (χ4n) is 2.70. The number of carbonyl (C=O) groups is 3. The fraction of sp³-hybridized carbons (Fsp3) is 0. The van der Waals surface area contributed by atoms with E-state index in [1.807, 2.05) is 0 Å². The Morgan fingerprint density at radius 2 is 1.36 bits per heavy atom. The van der Waals surface area contributed by atoms with Crippen molar-refractivity contribution < 1.29 is 24.0 Å². The Balaban J connectivity index is 1.47. The standard InChI is InChI=1S/C21H12ClNO5/c22-17-7-3-4-8-18(17)27-14-11-9-13(10-12-14)21(26)28-23-19(24)15-5-1-2-6-16(15)20(23)25/h1-12H. The lowest BCUT2D eigenvalue weighted by Crippen LogP contribution is -2.32. The molecule has 0 bridgehead atoms. The van der Waals surface area contributed by atoms with Crippen LogP contribution in [0.4, 0.5) is 0 Å². The molecule has 0 N–H and O–H groups in total. The summed E-state index contributed by atoms with van der Waals surface area (Å²) in [5.41, 5.74) is 0.552. The summed E-state index contributed by atoms with van der Waals surface area (Å²) in [6, 6.07) is 19.3. The summed E-state index contributed by atoms with van der Waals surface area (Å²) in [6.45, 7) is 0. The van der Waals surface area contributed by atoms with Crippen LogP contribution in [0.2, 0.25) is 5.02 Å². The van der Waals surface area contributed by atoms with E-state index in [2.05, 4.69) is 0 Å². The van der Waals surface area contributed by atoms with Crippen LogP contribution in [0, 0.1) is 0 Å². The summed E-state index contributed by atoms with van der Waals surface area (Å²) < 4.78 is 5.65. The summed E-state index contributed by atoms with van der Waals surface area (Å²) in [4.78, 5) is 41.9. The number of hydrogen-bond acceptors (Lipinski definition) is 5. The monoisotopic (exact) mass is 393 g/mol. The van der Waals surface area contributed by atoms with Gasteiger partial charge in [0.15, 0.2) is 0 Å². The van der Waals surface area contributed by atoms with Gasteiger partial charge in [-0.2, -0.15) is 0 Å². The van der Waals surface area contributed by atoms with E-state index in [-0.39, 0.29) is 16.7 Å². The molecular formula is C21H12ClNO5. The number of carbonyl (C=O) groups excluding carboxylic acids is 3. The van der Waals surface area contributed by atoms with E-state index in [1.165, 1.54) is 24.3 Å². The van der Waals surface area contributed by atoms with Crippen LogP contribution in [0.3, 0.4) is 0 Å². The maximum absolute atomic E-state index is 12.3. The molecule has 0 fully saturated rings. The number of halogens is 1. The van der Waals surface area contributed by atoms with Gasteiger partial charge in [-0.05, 0) is 48.5 Å². The summed E-state index contributed by atoms with van der Waals surface area (Å²) in [5.74, 6) is -1.24. The molecule has 0 atom stereocenters. The molecule has 28 heavy (non-hydrogen) atoms. The Hall–Kier alpha value is -3.64. The van der Waals surface area contributed by atoms with Crippen molar-refractivity contribution in [3.8, 4) is 11.5 Å². The second-order valence-corrected chi connectivity index (χ2v) is 6.29. The molecule has 1 heterocycles. The molecule has 0 aliphatic carbocycles. The first-order valence-electron chi connectivity index (χ1n) is 8.27. The van der Waals surface area contributed by atoms with E-state index in [0.29, 0.717) is 21.6 Å². The Kier molecular flexibility index (Phi) is 4.55. The lowest BCUT2D eigenvalue weighted by atomic mass is 10.1. The third-order valence-corrected chi connectivity index (χ3v) is 4.40. The van der Waals surface area contributed by atoms with Gasteiger partial charge in [-0.1, -0.05) is 40.9 Å². The van der Waals surface area contributed by atoms with Crippen molar-refractivity contribution in [2.24, 2.45) is 0 Å². The molecular weight excluding hydrogens is 382 g/mol. The predicted octanol–water partition coefficient (Wildman–Crippen LogP) is 4.50. The zero-order chi connectivity index (χ0) is 19.7. The highest BCUT2D eigenvalue weighted by Crippen LogP contribution is 2.29. The number of benzene rings is 3. The maximum atomic E-state index is 12.3. The number of nitrogens with zero attached hydrogens (tertiary/aromatic N) is 1. The van der Waals surface area contributed by atoms with Crippen LogP contribution in [-0.4, -0.2) is 22.8 Å². The Bertz CT molecular complexity index is 1060. The largest absolute Gasteiger partial charge is 0.456 e. The fourth-order valence-corrected chi connectivity index (χ4v) is 2.87. The molecule has 4 rings (SSSR count). The molecule has 0 radical (unpaired) electrons. The second kappa shape index (κ2) is 7.17. The van der Waals surface area contributed by atoms with Gasteiger partial charge in [-0.3, -0.25) is 9.59 Å². The van der Waals surface area contributed by atoms with Gasteiger partial charge in [0.1, 0.15) is 11.5 Å². The second-order valence-electron chi connectivity index (χ2n) is 5.89.